The van der Waals surface area contributed by atoms with Crippen LogP contribution in [0.3, 0.4) is 0 Å². The number of ether oxygens (including phenoxy) is 2. The second-order valence-corrected chi connectivity index (χ2v) is 7.97. The van der Waals surface area contributed by atoms with Crippen LogP contribution in [0.15, 0.2) is 17.0 Å². The summed E-state index contributed by atoms with van der Waals surface area (Å²) >= 11 is 2.74. The van der Waals surface area contributed by atoms with E-state index >= 15 is 0 Å². The van der Waals surface area contributed by atoms with Crippen molar-refractivity contribution in [1.82, 2.24) is 9.80 Å². The molecule has 8 nitrogen and oxygen atoms in total. The lowest BCUT2D eigenvalue weighted by Gasteiger charge is -2.28. The molecule has 2 heterocycles. The normalized spacial score (nSPS) is 19.1. The van der Waals surface area contributed by atoms with Crippen LogP contribution in [0.4, 0.5) is 4.79 Å². The number of carbonyl (C=O) groups is 3. The summed E-state index contributed by atoms with van der Waals surface area (Å²) in [6, 6.07) is 3.25. The van der Waals surface area contributed by atoms with E-state index in [2.05, 4.69) is 0 Å². The lowest BCUT2D eigenvalue weighted by molar-refractivity contribution is -0.139. The average Bonchev–Trinajstić information content (AvgIpc) is 2.92. The maximum Gasteiger partial charge on any atom is 0.294 e. The van der Waals surface area contributed by atoms with Gasteiger partial charge in [-0.2, -0.15) is 0 Å². The monoisotopic (exact) mass is 504 g/mol. The van der Waals surface area contributed by atoms with Crippen LogP contribution in [0.2, 0.25) is 0 Å². The molecule has 0 spiro atoms. The maximum atomic E-state index is 12.6. The van der Waals surface area contributed by atoms with Gasteiger partial charge < -0.3 is 19.5 Å². The van der Waals surface area contributed by atoms with Gasteiger partial charge in [0.1, 0.15) is 6.54 Å². The molecule has 1 aromatic carbocycles. The fourth-order valence-corrected chi connectivity index (χ4v) is 4.13. The zero-order chi connectivity index (χ0) is 19.6. The predicted octanol–water partition coefficient (Wildman–Crippen LogP) is 1.90. The largest absolute Gasteiger partial charge is 0.504 e. The minimum absolute atomic E-state index is 0.0134. The highest BCUT2D eigenvalue weighted by molar-refractivity contribution is 14.1. The first-order valence-corrected chi connectivity index (χ1v) is 9.97. The number of morpholine rings is 1. The molecule has 1 N–H and O–H groups in total. The smallest absolute Gasteiger partial charge is 0.294 e. The van der Waals surface area contributed by atoms with Crippen LogP contribution in [0.25, 0.3) is 6.08 Å². The van der Waals surface area contributed by atoms with Crippen LogP contribution in [0.1, 0.15) is 5.56 Å². The summed E-state index contributed by atoms with van der Waals surface area (Å²) in [6.07, 6.45) is 1.55. The minimum Gasteiger partial charge on any atom is -0.504 e. The Morgan fingerprint density at radius 2 is 2.07 bits per heavy atom. The molecule has 2 saturated heterocycles. The number of thioether (sulfide) groups is 1. The summed E-state index contributed by atoms with van der Waals surface area (Å²) in [5.41, 5.74) is 0.610. The number of aromatic hydroxyl groups is 1. The molecule has 0 saturated carbocycles. The number of carbonyl (C=O) groups excluding carboxylic acids is 3. The van der Waals surface area contributed by atoms with Crippen LogP contribution in [0.5, 0.6) is 11.5 Å². The first-order valence-electron chi connectivity index (χ1n) is 8.08. The Morgan fingerprint density at radius 3 is 2.74 bits per heavy atom. The molecule has 2 aliphatic heterocycles. The Morgan fingerprint density at radius 1 is 1.37 bits per heavy atom. The third kappa shape index (κ3) is 4.38. The van der Waals surface area contributed by atoms with Crippen molar-refractivity contribution in [2.75, 3.05) is 40.0 Å². The van der Waals surface area contributed by atoms with Gasteiger partial charge in [0.15, 0.2) is 11.5 Å². The van der Waals surface area contributed by atoms with E-state index in [1.54, 1.807) is 23.1 Å². The van der Waals surface area contributed by atoms with Crippen LogP contribution in [-0.2, 0) is 14.3 Å². The third-order valence-corrected chi connectivity index (χ3v) is 5.83. The first kappa shape index (κ1) is 20.0. The lowest BCUT2D eigenvalue weighted by atomic mass is 10.2. The maximum absolute atomic E-state index is 12.6. The van der Waals surface area contributed by atoms with Gasteiger partial charge in [0.25, 0.3) is 11.1 Å². The molecule has 0 aromatic heterocycles. The number of nitrogens with zero attached hydrogens (tertiary/aromatic N) is 2. The Labute approximate surface area is 173 Å². The van der Waals surface area contributed by atoms with E-state index in [9.17, 15) is 19.5 Å². The Kier molecular flexibility index (Phi) is 6.27. The summed E-state index contributed by atoms with van der Waals surface area (Å²) in [4.78, 5) is 39.9. The van der Waals surface area contributed by atoms with E-state index in [0.29, 0.717) is 35.4 Å². The van der Waals surface area contributed by atoms with Crippen molar-refractivity contribution in [2.45, 2.75) is 0 Å². The molecule has 0 radical (unpaired) electrons. The molecule has 3 rings (SSSR count). The number of hydrogen-bond donors (Lipinski definition) is 1. The third-order valence-electron chi connectivity index (χ3n) is 4.10. The van der Waals surface area contributed by atoms with Crippen molar-refractivity contribution in [3.05, 3.63) is 26.2 Å². The van der Waals surface area contributed by atoms with E-state index in [4.69, 9.17) is 9.47 Å². The van der Waals surface area contributed by atoms with Crippen molar-refractivity contribution in [3.8, 4) is 11.5 Å². The minimum atomic E-state index is -0.506. The van der Waals surface area contributed by atoms with Crippen LogP contribution >= 0.6 is 34.4 Å². The molecular weight excluding hydrogens is 487 g/mol. The predicted molar refractivity (Wildman–Crippen MR) is 107 cm³/mol. The Hall–Kier alpha value is -1.79. The molecule has 144 valence electrons. The standard InChI is InChI=1S/C17H17IN2O6S/c1-25-12-7-10(6-11(18)15(12)22)8-13-16(23)20(17(24)27-13)9-14(21)19-2-4-26-5-3-19/h6-8,22H,2-5,9H2,1H3/b13-8+. The fraction of sp³-hybridized carbons (Fsp3) is 0.353. The molecule has 27 heavy (non-hydrogen) atoms. The van der Waals surface area contributed by atoms with E-state index in [1.165, 1.54) is 7.11 Å². The van der Waals surface area contributed by atoms with E-state index in [1.807, 2.05) is 22.6 Å². The first-order chi connectivity index (χ1) is 12.9. The molecule has 2 fully saturated rings. The van der Waals surface area contributed by atoms with Gasteiger partial charge in [-0.1, -0.05) is 0 Å². The van der Waals surface area contributed by atoms with E-state index < -0.39 is 11.1 Å². The number of hydrogen-bond acceptors (Lipinski definition) is 7. The highest BCUT2D eigenvalue weighted by atomic mass is 127. The van der Waals surface area contributed by atoms with Gasteiger partial charge in [-0.3, -0.25) is 19.3 Å². The van der Waals surface area contributed by atoms with Crippen molar-refractivity contribution in [2.24, 2.45) is 0 Å². The molecular formula is C17H17IN2O6S. The number of phenols is 1. The quantitative estimate of drug-likeness (QED) is 0.495. The van der Waals surface area contributed by atoms with Crippen molar-refractivity contribution in [3.63, 3.8) is 0 Å². The Balaban J connectivity index is 1.76. The van der Waals surface area contributed by atoms with Gasteiger partial charge in [0, 0.05) is 13.1 Å². The van der Waals surface area contributed by atoms with Crippen molar-refractivity contribution < 1.29 is 29.0 Å². The number of amides is 3. The van der Waals surface area contributed by atoms with Gasteiger partial charge in [0.05, 0.1) is 28.8 Å². The van der Waals surface area contributed by atoms with Gasteiger partial charge in [-0.05, 0) is 58.1 Å². The van der Waals surface area contributed by atoms with Crippen LogP contribution in [-0.4, -0.2) is 71.9 Å². The molecule has 0 atom stereocenters. The fourth-order valence-electron chi connectivity index (χ4n) is 2.67. The van der Waals surface area contributed by atoms with E-state index in [-0.39, 0.29) is 28.9 Å². The molecule has 0 unspecified atom stereocenters. The zero-order valence-corrected chi connectivity index (χ0v) is 17.4. The highest BCUT2D eigenvalue weighted by Gasteiger charge is 2.37. The van der Waals surface area contributed by atoms with Gasteiger partial charge in [-0.25, -0.2) is 0 Å². The Bertz CT molecular complexity index is 822. The SMILES string of the molecule is COc1cc(/C=C2/SC(=O)N(CC(=O)N3CCOCC3)C2=O)cc(I)c1O. The number of imide groups is 1. The van der Waals surface area contributed by atoms with Crippen molar-refractivity contribution >= 4 is 57.5 Å². The molecule has 2 aliphatic rings. The molecule has 3 amide bonds. The topological polar surface area (TPSA) is 96.4 Å². The van der Waals surface area contributed by atoms with Gasteiger partial charge >= 0.3 is 0 Å². The number of phenolic OH excluding ortho intramolecular Hbond substituents is 1. The number of halogens is 1. The summed E-state index contributed by atoms with van der Waals surface area (Å²) in [6.45, 7) is 1.54. The second-order valence-electron chi connectivity index (χ2n) is 5.81. The lowest BCUT2D eigenvalue weighted by Crippen LogP contribution is -2.46. The van der Waals surface area contributed by atoms with Crippen LogP contribution in [0, 0.1) is 3.57 Å². The summed E-state index contributed by atoms with van der Waals surface area (Å²) in [5.74, 6) is -0.495. The summed E-state index contributed by atoms with van der Waals surface area (Å²) < 4.78 is 10.9. The summed E-state index contributed by atoms with van der Waals surface area (Å²) in [5, 5.41) is 9.42. The van der Waals surface area contributed by atoms with Gasteiger partial charge in [0.2, 0.25) is 5.91 Å². The number of benzene rings is 1. The number of methoxy groups -OCH3 is 1. The van der Waals surface area contributed by atoms with Crippen LogP contribution < -0.4 is 4.74 Å². The van der Waals surface area contributed by atoms with Gasteiger partial charge in [-0.15, -0.1) is 0 Å². The molecule has 1 aromatic rings. The van der Waals surface area contributed by atoms with Crippen molar-refractivity contribution in [1.29, 1.82) is 0 Å². The highest BCUT2D eigenvalue weighted by Crippen LogP contribution is 2.36. The van der Waals surface area contributed by atoms with E-state index in [0.717, 1.165) is 16.7 Å². The molecule has 10 heteroatoms. The molecule has 0 bridgehead atoms. The molecule has 0 aliphatic carbocycles. The number of rotatable bonds is 4. The summed E-state index contributed by atoms with van der Waals surface area (Å²) in [7, 11) is 1.43. The second kappa shape index (κ2) is 8.48. The average molecular weight is 504 g/mol. The zero-order valence-electron chi connectivity index (χ0n) is 14.4.